The van der Waals surface area contributed by atoms with E-state index >= 15 is 0 Å². The number of rotatable bonds is 3. The van der Waals surface area contributed by atoms with E-state index in [0.717, 1.165) is 32.6 Å². The van der Waals surface area contributed by atoms with Gasteiger partial charge in [-0.2, -0.15) is 0 Å². The van der Waals surface area contributed by atoms with E-state index in [1.807, 2.05) is 54.6 Å². The van der Waals surface area contributed by atoms with E-state index in [4.69, 9.17) is 5.73 Å². The molecule has 4 nitrogen and oxygen atoms in total. The average molecular weight is 331 g/mol. The third-order valence-corrected chi connectivity index (χ3v) is 4.94. The Kier molecular flexibility index (Phi) is 3.55. The molecule has 3 heterocycles. The third kappa shape index (κ3) is 2.45. The van der Waals surface area contributed by atoms with Gasteiger partial charge in [-0.3, -0.25) is 9.78 Å². The summed E-state index contributed by atoms with van der Waals surface area (Å²) >= 11 is 1.32. The van der Waals surface area contributed by atoms with Crippen molar-refractivity contribution in [1.29, 1.82) is 0 Å². The van der Waals surface area contributed by atoms with Gasteiger partial charge < -0.3 is 5.73 Å². The van der Waals surface area contributed by atoms with Gasteiger partial charge >= 0.3 is 0 Å². The summed E-state index contributed by atoms with van der Waals surface area (Å²) in [6.45, 7) is 0. The van der Waals surface area contributed by atoms with E-state index in [-0.39, 0.29) is 0 Å². The molecule has 2 N–H and O–H groups in total. The molecule has 4 rings (SSSR count). The molecular formula is C19H13N3OS. The van der Waals surface area contributed by atoms with E-state index in [2.05, 4.69) is 9.97 Å². The van der Waals surface area contributed by atoms with E-state index < -0.39 is 5.91 Å². The SMILES string of the molecule is NC(=O)c1sc2ncccc2c1-c1ccnc(-c2ccccc2)c1. The average Bonchev–Trinajstić information content (AvgIpc) is 3.02. The summed E-state index contributed by atoms with van der Waals surface area (Å²) in [5.41, 5.74) is 9.21. The van der Waals surface area contributed by atoms with Gasteiger partial charge in [0.1, 0.15) is 9.71 Å². The fraction of sp³-hybridized carbons (Fsp3) is 0. The van der Waals surface area contributed by atoms with Crippen molar-refractivity contribution in [2.75, 3.05) is 0 Å². The van der Waals surface area contributed by atoms with Gasteiger partial charge in [0.15, 0.2) is 0 Å². The van der Waals surface area contributed by atoms with E-state index in [1.165, 1.54) is 11.3 Å². The molecule has 0 aliphatic heterocycles. The van der Waals surface area contributed by atoms with Crippen LogP contribution in [0.5, 0.6) is 0 Å². The van der Waals surface area contributed by atoms with Gasteiger partial charge in [0.25, 0.3) is 5.91 Å². The van der Waals surface area contributed by atoms with Crippen LogP contribution in [0, 0.1) is 0 Å². The third-order valence-electron chi connectivity index (χ3n) is 3.81. The maximum absolute atomic E-state index is 11.9. The number of hydrogen-bond acceptors (Lipinski definition) is 4. The highest BCUT2D eigenvalue weighted by Gasteiger charge is 2.19. The van der Waals surface area contributed by atoms with Gasteiger partial charge in [0.05, 0.1) is 5.69 Å². The van der Waals surface area contributed by atoms with Gasteiger partial charge in [-0.15, -0.1) is 11.3 Å². The molecule has 1 amide bonds. The lowest BCUT2D eigenvalue weighted by molar-refractivity contribution is 0.100. The number of nitrogens with zero attached hydrogens (tertiary/aromatic N) is 2. The molecule has 0 saturated carbocycles. The summed E-state index contributed by atoms with van der Waals surface area (Å²) in [6.07, 6.45) is 3.47. The van der Waals surface area contributed by atoms with E-state index in [9.17, 15) is 4.79 Å². The van der Waals surface area contributed by atoms with Crippen molar-refractivity contribution in [2.24, 2.45) is 5.73 Å². The second-order valence-electron chi connectivity index (χ2n) is 5.32. The van der Waals surface area contributed by atoms with E-state index in [0.29, 0.717) is 4.88 Å². The van der Waals surface area contributed by atoms with Crippen LogP contribution in [-0.4, -0.2) is 15.9 Å². The molecule has 0 aliphatic carbocycles. The van der Waals surface area contributed by atoms with Gasteiger partial charge in [-0.1, -0.05) is 30.3 Å². The van der Waals surface area contributed by atoms with Crippen molar-refractivity contribution < 1.29 is 4.79 Å². The molecule has 0 unspecified atom stereocenters. The van der Waals surface area contributed by atoms with Crippen LogP contribution >= 0.6 is 11.3 Å². The Morgan fingerprint density at radius 1 is 0.917 bits per heavy atom. The molecule has 0 spiro atoms. The number of carbonyl (C=O) groups excluding carboxylic acids is 1. The van der Waals surface area contributed by atoms with Crippen LogP contribution in [0.25, 0.3) is 32.6 Å². The molecule has 0 aliphatic rings. The highest BCUT2D eigenvalue weighted by Crippen LogP contribution is 2.38. The van der Waals surface area contributed by atoms with Gasteiger partial charge in [0, 0.05) is 28.9 Å². The normalized spacial score (nSPS) is 10.8. The molecule has 116 valence electrons. The highest BCUT2D eigenvalue weighted by atomic mass is 32.1. The second kappa shape index (κ2) is 5.86. The number of thiophene rings is 1. The number of pyridine rings is 2. The first-order valence-electron chi connectivity index (χ1n) is 7.43. The van der Waals surface area contributed by atoms with Crippen molar-refractivity contribution in [3.8, 4) is 22.4 Å². The van der Waals surface area contributed by atoms with Crippen molar-refractivity contribution in [2.45, 2.75) is 0 Å². The molecule has 1 aromatic carbocycles. The predicted octanol–water partition coefficient (Wildman–Crippen LogP) is 4.12. The van der Waals surface area contributed by atoms with Crippen molar-refractivity contribution in [3.05, 3.63) is 71.9 Å². The van der Waals surface area contributed by atoms with Crippen molar-refractivity contribution in [1.82, 2.24) is 9.97 Å². The standard InChI is InChI=1S/C19H13N3OS/c20-18(23)17-16(14-7-4-9-22-19(14)24-17)13-8-10-21-15(11-13)12-5-2-1-3-6-12/h1-11H,(H2,20,23). The summed E-state index contributed by atoms with van der Waals surface area (Å²) in [4.78, 5) is 22.0. The first kappa shape index (κ1) is 14.5. The number of benzene rings is 1. The smallest absolute Gasteiger partial charge is 0.259 e. The maximum atomic E-state index is 11.9. The minimum atomic E-state index is -0.439. The molecular weight excluding hydrogens is 318 g/mol. The Balaban J connectivity index is 1.95. The highest BCUT2D eigenvalue weighted by molar-refractivity contribution is 7.21. The van der Waals surface area contributed by atoms with Crippen LogP contribution in [0.2, 0.25) is 0 Å². The number of hydrogen-bond donors (Lipinski definition) is 1. The summed E-state index contributed by atoms with van der Waals surface area (Å²) in [6, 6.07) is 17.6. The fourth-order valence-corrected chi connectivity index (χ4v) is 3.76. The Morgan fingerprint density at radius 3 is 2.54 bits per heavy atom. The number of nitrogens with two attached hydrogens (primary N) is 1. The lowest BCUT2D eigenvalue weighted by atomic mass is 10.0. The minimum Gasteiger partial charge on any atom is -0.365 e. The van der Waals surface area contributed by atoms with Crippen LogP contribution < -0.4 is 5.73 Å². The molecule has 5 heteroatoms. The van der Waals surface area contributed by atoms with Crippen LogP contribution in [0.1, 0.15) is 9.67 Å². The first-order chi connectivity index (χ1) is 11.7. The quantitative estimate of drug-likeness (QED) is 0.614. The fourth-order valence-electron chi connectivity index (χ4n) is 2.75. The topological polar surface area (TPSA) is 68.9 Å². The summed E-state index contributed by atoms with van der Waals surface area (Å²) < 4.78 is 0. The van der Waals surface area contributed by atoms with E-state index in [1.54, 1.807) is 12.4 Å². The zero-order valence-corrected chi connectivity index (χ0v) is 13.5. The Morgan fingerprint density at radius 2 is 1.75 bits per heavy atom. The molecule has 0 bridgehead atoms. The number of fused-ring (bicyclic) bond motifs is 1. The molecule has 0 atom stereocenters. The lowest BCUT2D eigenvalue weighted by Crippen LogP contribution is -2.09. The minimum absolute atomic E-state index is 0.439. The molecule has 4 aromatic rings. The van der Waals surface area contributed by atoms with Gasteiger partial charge in [-0.25, -0.2) is 4.98 Å². The lowest BCUT2D eigenvalue weighted by Gasteiger charge is -2.06. The number of amides is 1. The van der Waals surface area contributed by atoms with Gasteiger partial charge in [-0.05, 0) is 29.8 Å². The van der Waals surface area contributed by atoms with Crippen molar-refractivity contribution in [3.63, 3.8) is 0 Å². The maximum Gasteiger partial charge on any atom is 0.259 e. The molecule has 0 radical (unpaired) electrons. The first-order valence-corrected chi connectivity index (χ1v) is 8.25. The second-order valence-corrected chi connectivity index (χ2v) is 6.32. The van der Waals surface area contributed by atoms with Crippen LogP contribution in [-0.2, 0) is 0 Å². The zero-order valence-electron chi connectivity index (χ0n) is 12.6. The number of primary amides is 1. The Hall–Kier alpha value is -3.05. The Labute approximate surface area is 142 Å². The van der Waals surface area contributed by atoms with Crippen molar-refractivity contribution >= 4 is 27.5 Å². The summed E-state index contributed by atoms with van der Waals surface area (Å²) in [7, 11) is 0. The molecule has 3 aromatic heterocycles. The number of aromatic nitrogens is 2. The number of carbonyl (C=O) groups is 1. The van der Waals surface area contributed by atoms with Crippen LogP contribution in [0.3, 0.4) is 0 Å². The molecule has 0 saturated heterocycles. The van der Waals surface area contributed by atoms with Gasteiger partial charge in [0.2, 0.25) is 0 Å². The van der Waals surface area contributed by atoms with Crippen LogP contribution in [0.15, 0.2) is 67.0 Å². The molecule has 0 fully saturated rings. The summed E-state index contributed by atoms with van der Waals surface area (Å²) in [5.74, 6) is -0.439. The zero-order chi connectivity index (χ0) is 16.5. The Bertz CT molecular complexity index is 1040. The molecule has 24 heavy (non-hydrogen) atoms. The predicted molar refractivity (Wildman–Crippen MR) is 96.8 cm³/mol. The monoisotopic (exact) mass is 331 g/mol. The van der Waals surface area contributed by atoms with Crippen LogP contribution in [0.4, 0.5) is 0 Å². The largest absolute Gasteiger partial charge is 0.365 e. The summed E-state index contributed by atoms with van der Waals surface area (Å²) in [5, 5.41) is 0.932.